The molecular formula is C11H20N2O2. The maximum Gasteiger partial charge on any atom is 0.306 e. The second kappa shape index (κ2) is 4.94. The fraction of sp³-hybridized carbons (Fsp3) is 0.909. The van der Waals surface area contributed by atoms with Crippen molar-refractivity contribution in [3.05, 3.63) is 0 Å². The maximum absolute atomic E-state index is 10.9. The number of aliphatic carboxylic acids is 1. The smallest absolute Gasteiger partial charge is 0.306 e. The summed E-state index contributed by atoms with van der Waals surface area (Å²) in [5, 5.41) is 12.3. The van der Waals surface area contributed by atoms with Crippen molar-refractivity contribution >= 4 is 5.97 Å². The lowest BCUT2D eigenvalue weighted by atomic mass is 10.1. The molecular weight excluding hydrogens is 192 g/mol. The third-order valence-electron chi connectivity index (χ3n) is 3.65. The van der Waals surface area contributed by atoms with E-state index in [1.807, 2.05) is 0 Å². The van der Waals surface area contributed by atoms with Crippen LogP contribution in [0.1, 0.15) is 25.7 Å². The summed E-state index contributed by atoms with van der Waals surface area (Å²) in [4.78, 5) is 13.3. The SMILES string of the molecule is O=C(O)C1CCC(N2CCCNCC2)C1. The average molecular weight is 212 g/mol. The molecule has 2 fully saturated rings. The number of carbonyl (C=O) groups is 1. The monoisotopic (exact) mass is 212 g/mol. The molecule has 86 valence electrons. The summed E-state index contributed by atoms with van der Waals surface area (Å²) in [7, 11) is 0. The Labute approximate surface area is 90.6 Å². The van der Waals surface area contributed by atoms with Gasteiger partial charge in [-0.25, -0.2) is 0 Å². The van der Waals surface area contributed by atoms with Crippen molar-refractivity contribution in [1.29, 1.82) is 0 Å². The molecule has 2 aliphatic rings. The molecule has 2 unspecified atom stereocenters. The van der Waals surface area contributed by atoms with Gasteiger partial charge < -0.3 is 10.4 Å². The van der Waals surface area contributed by atoms with Crippen molar-refractivity contribution in [2.24, 2.45) is 5.92 Å². The molecule has 15 heavy (non-hydrogen) atoms. The van der Waals surface area contributed by atoms with Gasteiger partial charge in [0.1, 0.15) is 0 Å². The number of hydrogen-bond donors (Lipinski definition) is 2. The molecule has 1 saturated carbocycles. The Kier molecular flexibility index (Phi) is 3.59. The largest absolute Gasteiger partial charge is 0.481 e. The van der Waals surface area contributed by atoms with Gasteiger partial charge in [-0.1, -0.05) is 0 Å². The van der Waals surface area contributed by atoms with Gasteiger partial charge >= 0.3 is 5.97 Å². The number of rotatable bonds is 2. The van der Waals surface area contributed by atoms with E-state index in [1.165, 1.54) is 6.42 Å². The summed E-state index contributed by atoms with van der Waals surface area (Å²) in [5.41, 5.74) is 0. The summed E-state index contributed by atoms with van der Waals surface area (Å²) < 4.78 is 0. The molecule has 1 heterocycles. The van der Waals surface area contributed by atoms with E-state index >= 15 is 0 Å². The van der Waals surface area contributed by atoms with Crippen LogP contribution >= 0.6 is 0 Å². The number of nitrogens with zero attached hydrogens (tertiary/aromatic N) is 1. The van der Waals surface area contributed by atoms with Gasteiger partial charge in [-0.3, -0.25) is 9.69 Å². The zero-order valence-corrected chi connectivity index (χ0v) is 9.11. The third-order valence-corrected chi connectivity index (χ3v) is 3.65. The lowest BCUT2D eigenvalue weighted by Gasteiger charge is -2.26. The first kappa shape index (κ1) is 10.9. The first-order valence-electron chi connectivity index (χ1n) is 5.95. The van der Waals surface area contributed by atoms with E-state index in [0.717, 1.165) is 45.4 Å². The van der Waals surface area contributed by atoms with E-state index in [4.69, 9.17) is 5.11 Å². The molecule has 2 atom stereocenters. The highest BCUT2D eigenvalue weighted by molar-refractivity contribution is 5.70. The van der Waals surface area contributed by atoms with Crippen LogP contribution < -0.4 is 5.32 Å². The minimum absolute atomic E-state index is 0.0915. The van der Waals surface area contributed by atoms with E-state index in [9.17, 15) is 4.79 Å². The molecule has 2 rings (SSSR count). The number of carboxylic acid groups (broad SMARTS) is 1. The standard InChI is InChI=1S/C11H20N2O2/c14-11(15)9-2-3-10(8-9)13-6-1-4-12-5-7-13/h9-10,12H,1-8H2,(H,14,15). The molecule has 0 bridgehead atoms. The van der Waals surface area contributed by atoms with Crippen LogP contribution in [0.15, 0.2) is 0 Å². The second-order valence-electron chi connectivity index (χ2n) is 4.64. The van der Waals surface area contributed by atoms with Crippen LogP contribution in [0.4, 0.5) is 0 Å². The summed E-state index contributed by atoms with van der Waals surface area (Å²) in [5.74, 6) is -0.698. The molecule has 4 nitrogen and oxygen atoms in total. The molecule has 1 aliphatic heterocycles. The zero-order valence-electron chi connectivity index (χ0n) is 9.11. The van der Waals surface area contributed by atoms with Gasteiger partial charge in [-0.05, 0) is 38.8 Å². The summed E-state index contributed by atoms with van der Waals surface area (Å²) in [6.45, 7) is 4.36. The Morgan fingerprint density at radius 2 is 2.13 bits per heavy atom. The summed E-state index contributed by atoms with van der Waals surface area (Å²) in [6.07, 6.45) is 3.98. The van der Waals surface area contributed by atoms with E-state index in [0.29, 0.717) is 6.04 Å². The van der Waals surface area contributed by atoms with Crippen LogP contribution in [0.2, 0.25) is 0 Å². The highest BCUT2D eigenvalue weighted by Gasteiger charge is 2.32. The average Bonchev–Trinajstić information content (AvgIpc) is 2.55. The van der Waals surface area contributed by atoms with Crippen LogP contribution in [0, 0.1) is 5.92 Å². The van der Waals surface area contributed by atoms with Gasteiger partial charge in [-0.2, -0.15) is 0 Å². The lowest BCUT2D eigenvalue weighted by molar-refractivity contribution is -0.141. The molecule has 0 aromatic rings. The number of carboxylic acids is 1. The minimum Gasteiger partial charge on any atom is -0.481 e. The van der Waals surface area contributed by atoms with Crippen molar-refractivity contribution < 1.29 is 9.90 Å². The van der Waals surface area contributed by atoms with Crippen molar-refractivity contribution in [1.82, 2.24) is 10.2 Å². The Balaban J connectivity index is 1.86. The second-order valence-corrected chi connectivity index (χ2v) is 4.64. The Morgan fingerprint density at radius 3 is 2.87 bits per heavy atom. The molecule has 0 aromatic carbocycles. The number of hydrogen-bond acceptors (Lipinski definition) is 3. The van der Waals surface area contributed by atoms with E-state index in [1.54, 1.807) is 0 Å². The van der Waals surface area contributed by atoms with Gasteiger partial charge in [0.15, 0.2) is 0 Å². The Hall–Kier alpha value is -0.610. The fourth-order valence-corrected chi connectivity index (χ4v) is 2.75. The van der Waals surface area contributed by atoms with Crippen LogP contribution in [0.3, 0.4) is 0 Å². The molecule has 4 heteroatoms. The van der Waals surface area contributed by atoms with Crippen molar-refractivity contribution in [3.63, 3.8) is 0 Å². The van der Waals surface area contributed by atoms with Crippen molar-refractivity contribution in [2.75, 3.05) is 26.2 Å². The molecule has 2 N–H and O–H groups in total. The van der Waals surface area contributed by atoms with Gasteiger partial charge in [0, 0.05) is 19.1 Å². The van der Waals surface area contributed by atoms with Crippen LogP contribution in [-0.4, -0.2) is 48.2 Å². The van der Waals surface area contributed by atoms with E-state index < -0.39 is 5.97 Å². The Bertz CT molecular complexity index is 225. The molecule has 1 aliphatic carbocycles. The topological polar surface area (TPSA) is 52.6 Å². The predicted molar refractivity (Wildman–Crippen MR) is 57.8 cm³/mol. The summed E-state index contributed by atoms with van der Waals surface area (Å²) >= 11 is 0. The van der Waals surface area contributed by atoms with E-state index in [2.05, 4.69) is 10.2 Å². The van der Waals surface area contributed by atoms with Gasteiger partial charge in [-0.15, -0.1) is 0 Å². The molecule has 0 amide bonds. The zero-order chi connectivity index (χ0) is 10.7. The van der Waals surface area contributed by atoms with Crippen molar-refractivity contribution in [2.45, 2.75) is 31.7 Å². The van der Waals surface area contributed by atoms with Gasteiger partial charge in [0.05, 0.1) is 5.92 Å². The predicted octanol–water partition coefficient (Wildman–Crippen LogP) is 0.535. The highest BCUT2D eigenvalue weighted by atomic mass is 16.4. The van der Waals surface area contributed by atoms with Gasteiger partial charge in [0.2, 0.25) is 0 Å². The van der Waals surface area contributed by atoms with Crippen LogP contribution in [0.5, 0.6) is 0 Å². The highest BCUT2D eigenvalue weighted by Crippen LogP contribution is 2.29. The maximum atomic E-state index is 10.9. The Morgan fingerprint density at radius 1 is 1.27 bits per heavy atom. The normalized spacial score (nSPS) is 33.9. The number of nitrogens with one attached hydrogen (secondary N) is 1. The molecule has 0 radical (unpaired) electrons. The molecule has 1 saturated heterocycles. The van der Waals surface area contributed by atoms with Gasteiger partial charge in [0.25, 0.3) is 0 Å². The van der Waals surface area contributed by atoms with Crippen molar-refractivity contribution in [3.8, 4) is 0 Å². The first-order valence-corrected chi connectivity index (χ1v) is 5.95. The third kappa shape index (κ3) is 2.69. The fourth-order valence-electron chi connectivity index (χ4n) is 2.75. The van der Waals surface area contributed by atoms with Crippen LogP contribution in [-0.2, 0) is 4.79 Å². The lowest BCUT2D eigenvalue weighted by Crippen LogP contribution is -2.36. The first-order chi connectivity index (χ1) is 7.27. The van der Waals surface area contributed by atoms with Crippen LogP contribution in [0.25, 0.3) is 0 Å². The van der Waals surface area contributed by atoms with E-state index in [-0.39, 0.29) is 5.92 Å². The summed E-state index contributed by atoms with van der Waals surface area (Å²) in [6, 6.07) is 0.519. The quantitative estimate of drug-likeness (QED) is 0.701. The molecule has 0 aromatic heterocycles. The minimum atomic E-state index is -0.606. The molecule has 0 spiro atoms.